The number of rotatable bonds is 1. The monoisotopic (exact) mass is 259 g/mol. The minimum absolute atomic E-state index is 1.06. The molecule has 0 radical (unpaired) electrons. The van der Waals surface area contributed by atoms with Crippen LogP contribution in [-0.2, 0) is 24.1 Å². The van der Waals surface area contributed by atoms with Gasteiger partial charge in [-0.3, -0.25) is 0 Å². The van der Waals surface area contributed by atoms with Gasteiger partial charge in [0.05, 0.1) is 13.6 Å². The Balaban J connectivity index is 0. The molecule has 0 saturated carbocycles. The van der Waals surface area contributed by atoms with Gasteiger partial charge in [0.25, 0.3) is 0 Å². The molecule has 0 aliphatic heterocycles. The molecule has 0 amide bonds. The van der Waals surface area contributed by atoms with Crippen molar-refractivity contribution in [2.45, 2.75) is 20.1 Å². The number of hydrogen-bond donors (Lipinski definition) is 0. The standard InChI is InChI=1S/C6H11N2.CHF3.NO2S/c1-3-8-5-4-7(2)6-8;2-1(3)4;1-4(2)3/h4-6H,3H2,1-2H3;1H;/q+1;;-1. The minimum atomic E-state index is -3.67. The van der Waals surface area contributed by atoms with Gasteiger partial charge in [0.15, 0.2) is 0 Å². The maximum absolute atomic E-state index is 9.67. The van der Waals surface area contributed by atoms with Crippen molar-refractivity contribution >= 4 is 10.5 Å². The Morgan fingerprint density at radius 3 is 1.94 bits per heavy atom. The molecule has 0 fully saturated rings. The van der Waals surface area contributed by atoms with Gasteiger partial charge in [-0.2, -0.15) is 13.2 Å². The van der Waals surface area contributed by atoms with Gasteiger partial charge in [-0.1, -0.05) is 0 Å². The van der Waals surface area contributed by atoms with Crippen LogP contribution in [0.1, 0.15) is 6.92 Å². The lowest BCUT2D eigenvalue weighted by Gasteiger charge is -1.81. The fraction of sp³-hybridized carbons (Fsp3) is 0.571. The van der Waals surface area contributed by atoms with E-state index in [2.05, 4.69) is 24.0 Å². The zero-order valence-corrected chi connectivity index (χ0v) is 9.53. The Morgan fingerprint density at radius 1 is 1.44 bits per heavy atom. The number of aryl methyl sites for hydroxylation is 2. The molecule has 16 heavy (non-hydrogen) atoms. The fourth-order valence-electron chi connectivity index (χ4n) is 0.689. The summed E-state index contributed by atoms with van der Waals surface area (Å²) < 4.78 is 57.2. The molecular formula is C7H12F3N3O2S. The third-order valence-electron chi connectivity index (χ3n) is 1.19. The zero-order valence-electron chi connectivity index (χ0n) is 8.72. The molecule has 0 aliphatic carbocycles. The summed E-state index contributed by atoms with van der Waals surface area (Å²) in [6.07, 6.45) is 6.14. The van der Waals surface area contributed by atoms with E-state index in [1.807, 2.05) is 17.8 Å². The zero-order chi connectivity index (χ0) is 13.1. The summed E-state index contributed by atoms with van der Waals surface area (Å²) in [5.74, 6) is 0. The van der Waals surface area contributed by atoms with E-state index in [1.54, 1.807) is 0 Å². The highest BCUT2D eigenvalue weighted by Gasteiger charge is 1.92. The van der Waals surface area contributed by atoms with Crippen molar-refractivity contribution in [2.24, 2.45) is 7.05 Å². The molecule has 0 atom stereocenters. The molecule has 9 heteroatoms. The van der Waals surface area contributed by atoms with Crippen molar-refractivity contribution in [1.29, 1.82) is 0 Å². The predicted octanol–water partition coefficient (Wildman–Crippen LogP) is 1.13. The van der Waals surface area contributed by atoms with E-state index in [1.165, 1.54) is 0 Å². The normalized spacial score (nSPS) is 8.62. The van der Waals surface area contributed by atoms with Crippen molar-refractivity contribution < 1.29 is 26.2 Å². The highest BCUT2D eigenvalue weighted by atomic mass is 32.2. The maximum Gasteiger partial charge on any atom is 0.379 e. The topological polar surface area (TPSA) is 65.2 Å². The molecule has 0 aliphatic rings. The molecule has 0 bridgehead atoms. The first-order valence-corrected chi connectivity index (χ1v) is 5.04. The highest BCUT2D eigenvalue weighted by Crippen LogP contribution is 1.87. The molecule has 94 valence electrons. The van der Waals surface area contributed by atoms with Crippen LogP contribution in [0.15, 0.2) is 18.7 Å². The van der Waals surface area contributed by atoms with E-state index in [9.17, 15) is 13.2 Å². The van der Waals surface area contributed by atoms with E-state index in [0.717, 1.165) is 6.54 Å². The smallest absolute Gasteiger partial charge is 0.379 e. The summed E-state index contributed by atoms with van der Waals surface area (Å²) in [7, 11) is -0.841. The molecule has 1 rings (SSSR count). The Bertz CT molecular complexity index is 367. The summed E-state index contributed by atoms with van der Waals surface area (Å²) in [5.41, 5.74) is 0. The molecule has 1 heterocycles. The Morgan fingerprint density at radius 2 is 1.81 bits per heavy atom. The van der Waals surface area contributed by atoms with Gasteiger partial charge in [-0.15, -0.1) is 0 Å². The molecule has 0 spiro atoms. The van der Waals surface area contributed by atoms with Crippen LogP contribution in [0, 0.1) is 0 Å². The Kier molecular flexibility index (Phi) is 10.8. The van der Waals surface area contributed by atoms with Gasteiger partial charge >= 0.3 is 6.68 Å². The van der Waals surface area contributed by atoms with Crippen LogP contribution in [0.25, 0.3) is 4.78 Å². The lowest BCUT2D eigenvalue weighted by Crippen LogP contribution is -2.23. The second kappa shape index (κ2) is 10.1. The van der Waals surface area contributed by atoms with Gasteiger partial charge in [0.1, 0.15) is 22.9 Å². The van der Waals surface area contributed by atoms with Crippen molar-refractivity contribution in [3.05, 3.63) is 23.5 Å². The molecular weight excluding hydrogens is 247 g/mol. The van der Waals surface area contributed by atoms with Crippen LogP contribution < -0.4 is 4.57 Å². The van der Waals surface area contributed by atoms with Crippen molar-refractivity contribution in [2.75, 3.05) is 0 Å². The average molecular weight is 259 g/mol. The Labute approximate surface area is 92.6 Å². The number of hydrogen-bond acceptors (Lipinski definition) is 2. The first-order chi connectivity index (χ1) is 7.29. The SMILES string of the molecule is CCn1cc[n+](C)c1.FC(F)F.[N-]=S(=O)=O. The first kappa shape index (κ1) is 17.0. The third-order valence-corrected chi connectivity index (χ3v) is 1.19. The van der Waals surface area contributed by atoms with Gasteiger partial charge in [-0.05, 0) is 6.92 Å². The average Bonchev–Trinajstić information content (AvgIpc) is 2.49. The van der Waals surface area contributed by atoms with Gasteiger partial charge in [-0.25, -0.2) is 17.6 Å². The maximum atomic E-state index is 9.67. The molecule has 0 unspecified atom stereocenters. The first-order valence-electron chi connectivity index (χ1n) is 4.01. The number of halogens is 3. The largest absolute Gasteiger partial charge is 0.686 e. The summed E-state index contributed by atoms with van der Waals surface area (Å²) >= 11 is 0. The lowest BCUT2D eigenvalue weighted by molar-refractivity contribution is -0.671. The fourth-order valence-corrected chi connectivity index (χ4v) is 0.689. The van der Waals surface area contributed by atoms with Gasteiger partial charge in [0.2, 0.25) is 6.33 Å². The van der Waals surface area contributed by atoms with Crippen molar-refractivity contribution in [3.63, 3.8) is 0 Å². The van der Waals surface area contributed by atoms with Crippen LogP contribution in [0.2, 0.25) is 0 Å². The van der Waals surface area contributed by atoms with Crippen LogP contribution in [-0.4, -0.2) is 19.7 Å². The molecule has 5 nitrogen and oxygen atoms in total. The van der Waals surface area contributed by atoms with E-state index in [4.69, 9.17) is 13.2 Å². The number of alkyl halides is 3. The molecule has 0 aromatic carbocycles. The van der Waals surface area contributed by atoms with E-state index >= 15 is 0 Å². The minimum Gasteiger partial charge on any atom is -0.686 e. The van der Waals surface area contributed by atoms with Crippen molar-refractivity contribution in [3.8, 4) is 0 Å². The number of imidazole rings is 1. The van der Waals surface area contributed by atoms with Crippen LogP contribution in [0.4, 0.5) is 13.2 Å². The number of nitrogens with zero attached hydrogens (tertiary/aromatic N) is 3. The highest BCUT2D eigenvalue weighted by molar-refractivity contribution is 7.63. The third kappa shape index (κ3) is 18.4. The quantitative estimate of drug-likeness (QED) is 0.709. The van der Waals surface area contributed by atoms with Crippen LogP contribution in [0.5, 0.6) is 0 Å². The molecule has 1 aromatic rings. The summed E-state index contributed by atoms with van der Waals surface area (Å²) in [6.45, 7) is -0.485. The summed E-state index contributed by atoms with van der Waals surface area (Å²) in [4.78, 5) is 0. The predicted molar refractivity (Wildman–Crippen MR) is 50.7 cm³/mol. The van der Waals surface area contributed by atoms with E-state index in [0.29, 0.717) is 0 Å². The molecule has 1 aromatic heterocycles. The Hall–Kier alpha value is -1.38. The molecule has 0 saturated heterocycles. The number of aromatic nitrogens is 2. The lowest BCUT2D eigenvalue weighted by atomic mass is 10.7. The summed E-state index contributed by atoms with van der Waals surface area (Å²) in [6, 6.07) is 0. The van der Waals surface area contributed by atoms with E-state index in [-0.39, 0.29) is 0 Å². The van der Waals surface area contributed by atoms with Crippen LogP contribution >= 0.6 is 0 Å². The van der Waals surface area contributed by atoms with Crippen molar-refractivity contribution in [1.82, 2.24) is 4.57 Å². The second-order valence-corrected chi connectivity index (χ2v) is 2.81. The summed E-state index contributed by atoms with van der Waals surface area (Å²) in [5, 5.41) is 0. The van der Waals surface area contributed by atoms with Gasteiger partial charge in [0, 0.05) is 0 Å². The van der Waals surface area contributed by atoms with Gasteiger partial charge < -0.3 is 4.78 Å². The van der Waals surface area contributed by atoms with E-state index < -0.39 is 17.2 Å². The van der Waals surface area contributed by atoms with Crippen LogP contribution in [0.3, 0.4) is 0 Å². The molecule has 0 N–H and O–H groups in total. The second-order valence-electron chi connectivity index (χ2n) is 2.37.